The van der Waals surface area contributed by atoms with E-state index >= 15 is 0 Å². The zero-order valence-corrected chi connectivity index (χ0v) is 40.3. The predicted molar refractivity (Wildman–Crippen MR) is 255 cm³/mol. The number of aliphatic hydroxyl groups excluding tert-OH is 1. The van der Waals surface area contributed by atoms with Gasteiger partial charge in [-0.1, -0.05) is 80.4 Å². The molecule has 0 spiro atoms. The fourth-order valence-corrected chi connectivity index (χ4v) is 8.27. The van der Waals surface area contributed by atoms with Crippen LogP contribution in [0.2, 0.25) is 18.1 Å². The average molecular weight is 893 g/mol. The van der Waals surface area contributed by atoms with E-state index in [1.54, 1.807) is 73.7 Å². The average Bonchev–Trinajstić information content (AvgIpc) is 3.27. The van der Waals surface area contributed by atoms with Crippen LogP contribution in [0.5, 0.6) is 0 Å². The van der Waals surface area contributed by atoms with Gasteiger partial charge in [0.2, 0.25) is 11.8 Å². The summed E-state index contributed by atoms with van der Waals surface area (Å²) in [5.41, 5.74) is 8.51. The van der Waals surface area contributed by atoms with Gasteiger partial charge in [0.05, 0.1) is 73.5 Å². The molecule has 4 atom stereocenters. The molecule has 4 rings (SSSR count). The molecule has 0 aliphatic carbocycles. The molecule has 0 heterocycles. The minimum atomic E-state index is -2.15. The van der Waals surface area contributed by atoms with Crippen molar-refractivity contribution >= 4 is 43.1 Å². The van der Waals surface area contributed by atoms with Gasteiger partial charge in [-0.2, -0.15) is 10.5 Å². The van der Waals surface area contributed by atoms with Gasteiger partial charge in [0.1, 0.15) is 0 Å². The zero-order chi connectivity index (χ0) is 48.8. The van der Waals surface area contributed by atoms with Crippen LogP contribution in [0.4, 0.5) is 11.4 Å². The Kier molecular flexibility index (Phi) is 18.8. The summed E-state index contributed by atoms with van der Waals surface area (Å²) in [6.45, 7) is 36.2. The van der Waals surface area contributed by atoms with Crippen LogP contribution < -0.4 is 10.6 Å². The largest absolute Gasteiger partial charge is 0.413 e. The molecule has 12 nitrogen and oxygen atoms in total. The fourth-order valence-electron chi connectivity index (χ4n) is 6.82. The topological polar surface area (TPSA) is 178 Å². The Balaban J connectivity index is 0.000000353. The molecule has 0 aliphatic rings. The van der Waals surface area contributed by atoms with Crippen molar-refractivity contribution < 1.29 is 28.7 Å². The highest BCUT2D eigenvalue weighted by Crippen LogP contribution is 2.39. The van der Waals surface area contributed by atoms with Crippen molar-refractivity contribution in [2.75, 3.05) is 13.1 Å². The maximum Gasteiger partial charge on any atom is 0.226 e. The second-order valence-electron chi connectivity index (χ2n) is 17.8. The molecule has 4 aromatic carbocycles. The quantitative estimate of drug-likeness (QED) is 0.0566. The normalized spacial score (nSPS) is 12.9. The van der Waals surface area contributed by atoms with E-state index in [9.17, 15) is 24.3 Å². The third-order valence-corrected chi connectivity index (χ3v) is 17.1. The lowest BCUT2D eigenvalue weighted by Crippen LogP contribution is -2.48. The van der Waals surface area contributed by atoms with E-state index in [0.717, 1.165) is 33.4 Å². The van der Waals surface area contributed by atoms with E-state index < -0.39 is 32.2 Å². The molecule has 4 aromatic rings. The molecule has 0 aromatic heterocycles. The van der Waals surface area contributed by atoms with Crippen molar-refractivity contribution in [2.24, 2.45) is 11.8 Å². The number of amides is 2. The molecule has 0 bridgehead atoms. The number of carbonyl (C=O) groups excluding carboxylic acids is 4. The van der Waals surface area contributed by atoms with Gasteiger partial charge in [-0.3, -0.25) is 19.2 Å². The van der Waals surface area contributed by atoms with E-state index in [1.165, 1.54) is 0 Å². The number of aliphatic hydroxyl groups is 1. The third kappa shape index (κ3) is 14.1. The fraction of sp³-hybridized carbons (Fsp3) is 0.385. The number of hydrogen-bond donors (Lipinski definition) is 3. The van der Waals surface area contributed by atoms with Crippen LogP contribution in [0.15, 0.2) is 72.8 Å². The Morgan fingerprint density at radius 2 is 1.03 bits per heavy atom. The number of Topliss-reactive ketones (excluding diaryl/α,β-unsaturated/α-hetero) is 2. The molecule has 13 heteroatoms. The molecule has 0 unspecified atom stereocenters. The Morgan fingerprint density at radius 3 is 1.37 bits per heavy atom. The predicted octanol–water partition coefficient (Wildman–Crippen LogP) is 9.56. The molecular formula is C52H60N6O6Si. The van der Waals surface area contributed by atoms with Crippen LogP contribution in [0, 0.1) is 75.3 Å². The molecule has 3 N–H and O–H groups in total. The smallest absolute Gasteiger partial charge is 0.226 e. The van der Waals surface area contributed by atoms with Crippen LogP contribution in [-0.4, -0.2) is 62.1 Å². The summed E-state index contributed by atoms with van der Waals surface area (Å²) in [6.07, 6.45) is -0.520. The summed E-state index contributed by atoms with van der Waals surface area (Å²) in [5, 5.41) is 33.3. The lowest BCUT2D eigenvalue weighted by atomic mass is 9.89. The molecule has 0 aliphatic heterocycles. The zero-order valence-electron chi connectivity index (χ0n) is 39.3. The van der Waals surface area contributed by atoms with Gasteiger partial charge >= 0.3 is 0 Å². The third-order valence-electron chi connectivity index (χ3n) is 12.5. The maximum absolute atomic E-state index is 13.5. The summed E-state index contributed by atoms with van der Waals surface area (Å²) in [7, 11) is -2.15. The van der Waals surface area contributed by atoms with Gasteiger partial charge in [0, 0.05) is 11.1 Å². The van der Waals surface area contributed by atoms with Crippen molar-refractivity contribution in [3.05, 3.63) is 151 Å². The first kappa shape index (κ1) is 52.6. The van der Waals surface area contributed by atoms with Gasteiger partial charge in [-0.05, 0) is 119 Å². The van der Waals surface area contributed by atoms with Crippen LogP contribution in [-0.2, 0) is 26.9 Å². The summed E-state index contributed by atoms with van der Waals surface area (Å²) in [5.74, 6) is -2.38. The van der Waals surface area contributed by atoms with Crippen molar-refractivity contribution in [3.8, 4) is 12.1 Å². The SMILES string of the molecule is [C-]#[N+]c1ccc(C[C@@H](C(=O)NCC(=O)c2ccc(C#N)cc2)[C@@H](C)O)c(C)c1C.[C-]#[N+]c1ccc(C[C@@H](C(=O)NCC(=O)c2ccc(C#N)cc2)[C@@H](C)O[Si](C)(C)C(C)(C)C)c(C)c1C. The summed E-state index contributed by atoms with van der Waals surface area (Å²) < 4.78 is 6.60. The van der Waals surface area contributed by atoms with Crippen molar-refractivity contribution in [1.29, 1.82) is 10.5 Å². The van der Waals surface area contributed by atoms with Gasteiger partial charge in [0.25, 0.3) is 0 Å². The second-order valence-corrected chi connectivity index (χ2v) is 22.6. The lowest BCUT2D eigenvalue weighted by molar-refractivity contribution is -0.128. The lowest BCUT2D eigenvalue weighted by Gasteiger charge is -2.40. The van der Waals surface area contributed by atoms with Crippen LogP contribution in [0.1, 0.15) is 99.8 Å². The van der Waals surface area contributed by atoms with Crippen molar-refractivity contribution in [3.63, 3.8) is 0 Å². The summed E-state index contributed by atoms with van der Waals surface area (Å²) in [4.78, 5) is 58.1. The number of ketones is 2. The number of carbonyl (C=O) groups is 4. The Hall–Kier alpha value is -6.74. The first-order valence-electron chi connectivity index (χ1n) is 21.4. The van der Waals surface area contributed by atoms with Gasteiger partial charge in [-0.25, -0.2) is 9.69 Å². The number of benzene rings is 4. The van der Waals surface area contributed by atoms with Crippen molar-refractivity contribution in [2.45, 2.75) is 105 Å². The highest BCUT2D eigenvalue weighted by molar-refractivity contribution is 6.74. The van der Waals surface area contributed by atoms with Crippen LogP contribution in [0.3, 0.4) is 0 Å². The van der Waals surface area contributed by atoms with Crippen molar-refractivity contribution in [1.82, 2.24) is 10.6 Å². The van der Waals surface area contributed by atoms with E-state index in [2.05, 4.69) is 54.2 Å². The Bertz CT molecular complexity index is 2550. The minimum absolute atomic E-state index is 0.0162. The monoisotopic (exact) mass is 892 g/mol. The molecule has 338 valence electrons. The Morgan fingerprint density at radius 1 is 0.662 bits per heavy atom. The molecule has 0 fully saturated rings. The van der Waals surface area contributed by atoms with E-state index in [0.29, 0.717) is 46.5 Å². The van der Waals surface area contributed by atoms with Gasteiger partial charge < -0.3 is 20.2 Å². The first-order valence-corrected chi connectivity index (χ1v) is 24.3. The number of nitrogens with one attached hydrogen (secondary N) is 2. The highest BCUT2D eigenvalue weighted by Gasteiger charge is 2.41. The molecule has 2 amide bonds. The summed E-state index contributed by atoms with van der Waals surface area (Å²) in [6, 6.07) is 23.8. The van der Waals surface area contributed by atoms with Gasteiger partial charge in [-0.15, -0.1) is 0 Å². The van der Waals surface area contributed by atoms with E-state index in [1.807, 2.05) is 52.8 Å². The molecule has 0 saturated carbocycles. The number of nitriles is 2. The molecule has 0 radical (unpaired) electrons. The summed E-state index contributed by atoms with van der Waals surface area (Å²) >= 11 is 0. The van der Waals surface area contributed by atoms with Gasteiger partial charge in [0.15, 0.2) is 31.3 Å². The maximum atomic E-state index is 13.5. The highest BCUT2D eigenvalue weighted by atomic mass is 28.4. The molecule has 65 heavy (non-hydrogen) atoms. The van der Waals surface area contributed by atoms with E-state index in [4.69, 9.17) is 28.1 Å². The number of nitrogens with zero attached hydrogens (tertiary/aromatic N) is 4. The first-order chi connectivity index (χ1) is 30.5. The molecule has 0 saturated heterocycles. The Labute approximate surface area is 385 Å². The van der Waals surface area contributed by atoms with Crippen LogP contribution >= 0.6 is 0 Å². The number of hydrogen-bond acceptors (Lipinski definition) is 8. The minimum Gasteiger partial charge on any atom is -0.413 e. The second kappa shape index (κ2) is 23.3. The standard InChI is InChI=1S/C29H37N3O3Si.C23H23N3O3/c1-19-20(2)26(31-7)15-14-24(19)16-25(21(3)35-36(8,9)29(4,5)6)28(34)32-18-27(33)23-12-10-22(17-30)11-13-23;1-14-15(2)21(25-4)10-9-19(14)11-20(16(3)27)23(29)26-13-22(28)18-7-5-17(12-24)6-8-18/h10-15,21,25H,16,18H2,1-6,8-9H3,(H,32,34);5-10,16,20,27H,11,13H2,1-3H3,(H,26,29)/t21-,25-;16-,20-/m11/s1. The number of rotatable bonds is 16. The van der Waals surface area contributed by atoms with Crippen LogP contribution in [0.25, 0.3) is 9.69 Å². The molecular weight excluding hydrogens is 833 g/mol. The van der Waals surface area contributed by atoms with E-state index in [-0.39, 0.29) is 41.7 Å².